The molecule has 370 valence electrons. The molecule has 25 heteroatoms. The number of nitrogens with zero attached hydrogens (tertiary/aromatic N) is 2. The lowest BCUT2D eigenvalue weighted by Gasteiger charge is -2.48. The molecule has 1 saturated carbocycles. The number of carboxylic acid groups (broad SMARTS) is 1. The SMILES string of the molecule is CN[C@@H](CO)O[C@H]1[C@H](O[C@@H]2OC=C3C(=O)O[C@@H]4CC[C@@H](CO)[C@@H]4CSS[C@@H]4CSSCC=C[C@@H]2[C@@H]3/C=C/C2=C(NC(N)=NCCCO)C(C(=O)O)=CN(C2)[C@@H]4CO)O[C@H](CO)[C@@H](O)C1(O)O. The number of aliphatic hydroxyl groups is 8. The molecule has 21 nitrogen and oxygen atoms in total. The zero-order valence-corrected chi connectivity index (χ0v) is 39.4. The number of hydrogen-bond donors (Lipinski definition) is 12. The topological polar surface area (TPSA) is 328 Å². The molecule has 6 rings (SSSR count). The number of carbonyl (C=O) groups is 2. The van der Waals surface area contributed by atoms with Crippen LogP contribution in [-0.2, 0) is 33.3 Å². The second-order valence-corrected chi connectivity index (χ2v) is 21.5. The Kier molecular flexibility index (Phi) is 19.9. The number of aliphatic hydroxyl groups excluding tert-OH is 6. The van der Waals surface area contributed by atoms with Gasteiger partial charge in [-0.25, -0.2) is 9.59 Å². The molecule has 2 fully saturated rings. The fourth-order valence-electron chi connectivity index (χ4n) is 8.55. The Morgan fingerprint density at radius 2 is 1.88 bits per heavy atom. The number of nitrogens with one attached hydrogen (secondary N) is 2. The molecule has 0 aromatic carbocycles. The van der Waals surface area contributed by atoms with Crippen molar-refractivity contribution in [2.75, 3.05) is 70.4 Å². The van der Waals surface area contributed by atoms with Crippen molar-refractivity contribution in [3.8, 4) is 0 Å². The molecule has 0 unspecified atom stereocenters. The first-order chi connectivity index (χ1) is 31.8. The number of esters is 1. The largest absolute Gasteiger partial charge is 0.478 e. The molecule has 1 saturated heterocycles. The van der Waals surface area contributed by atoms with Crippen LogP contribution < -0.4 is 16.4 Å². The van der Waals surface area contributed by atoms with Crippen LogP contribution in [0.2, 0.25) is 0 Å². The summed E-state index contributed by atoms with van der Waals surface area (Å²) in [5.74, 6) is -6.12. The van der Waals surface area contributed by atoms with Crippen molar-refractivity contribution in [2.45, 2.75) is 79.6 Å². The molecular weight excluding hydrogens is 947 g/mol. The third kappa shape index (κ3) is 12.4. The van der Waals surface area contributed by atoms with Crippen molar-refractivity contribution in [3.63, 3.8) is 0 Å². The van der Waals surface area contributed by atoms with Gasteiger partial charge in [-0.05, 0) is 37.8 Å². The standard InChI is InChI=1S/C41H61N5O16S4/c1-43-32(17-51)61-35-39(60-30(16-50)34(52)41(35,56)57)62-38-24-4-2-11-63-64-20-31-28(15-49)46-12-21(33(25(13-46)36(53)54)45-40(42)44-9-3-10-47)5-7-23(24)26(18-58-38)37(55)59-29-8-6-22(14-48)27(29)19-65-66-31/h2,4-5,7,13,18,22-24,27-32,34-35,38-39,43,47-52,56-57H,3,6,8-12,14-17,19-20H2,1H3,(H,53,54)(H3,42,44,45)/b4-2?,7-5+/t22-,23-,24+,27-,28+,29+,30+,31+,32+,34+,35-,38-,39-/m0/s1. The number of fused-ring (bicyclic) bond motifs is 2. The highest BCUT2D eigenvalue weighted by atomic mass is 33.1. The van der Waals surface area contributed by atoms with Crippen LogP contribution in [0, 0.1) is 23.7 Å². The van der Waals surface area contributed by atoms with Gasteiger partial charge in [0.1, 0.15) is 24.5 Å². The molecule has 13 atom stereocenters. The van der Waals surface area contributed by atoms with Gasteiger partial charge in [0.2, 0.25) is 12.1 Å². The molecule has 13 N–H and O–H groups in total. The zero-order chi connectivity index (χ0) is 47.5. The summed E-state index contributed by atoms with van der Waals surface area (Å²) >= 11 is 0. The maximum atomic E-state index is 14.6. The molecule has 5 heterocycles. The Balaban J connectivity index is 1.52. The van der Waals surface area contributed by atoms with E-state index in [0.29, 0.717) is 42.1 Å². The Bertz CT molecular complexity index is 1850. The third-order valence-corrected chi connectivity index (χ3v) is 17.7. The average Bonchev–Trinajstić information content (AvgIpc) is 3.68. The van der Waals surface area contributed by atoms with E-state index >= 15 is 0 Å². The van der Waals surface area contributed by atoms with E-state index in [0.717, 1.165) is 0 Å². The number of carboxylic acids is 1. The van der Waals surface area contributed by atoms with Crippen LogP contribution in [0.25, 0.3) is 0 Å². The summed E-state index contributed by atoms with van der Waals surface area (Å²) in [5.41, 5.74) is 6.60. The van der Waals surface area contributed by atoms with Crippen LogP contribution >= 0.6 is 43.2 Å². The second kappa shape index (κ2) is 24.8. The van der Waals surface area contributed by atoms with Crippen molar-refractivity contribution in [3.05, 3.63) is 59.2 Å². The highest BCUT2D eigenvalue weighted by molar-refractivity contribution is 8.78. The van der Waals surface area contributed by atoms with Gasteiger partial charge in [-0.3, -0.25) is 10.3 Å². The fraction of sp³-hybridized carbons (Fsp3) is 0.683. The monoisotopic (exact) mass is 1010 g/mol. The number of aliphatic imine (C=N–C) groups is 1. The van der Waals surface area contributed by atoms with Crippen LogP contribution in [0.5, 0.6) is 0 Å². The van der Waals surface area contributed by atoms with E-state index in [2.05, 4.69) is 15.6 Å². The average molecular weight is 1010 g/mol. The quantitative estimate of drug-likeness (QED) is 0.0180. The molecule has 5 aliphatic heterocycles. The first kappa shape index (κ1) is 52.8. The normalized spacial score (nSPS) is 35.1. The summed E-state index contributed by atoms with van der Waals surface area (Å²) in [5, 5.41) is 100. The molecule has 66 heavy (non-hydrogen) atoms. The maximum absolute atomic E-state index is 14.6. The van der Waals surface area contributed by atoms with Gasteiger partial charge in [-0.2, -0.15) is 0 Å². The van der Waals surface area contributed by atoms with Gasteiger partial charge in [-0.1, -0.05) is 67.5 Å². The van der Waals surface area contributed by atoms with Gasteiger partial charge in [0, 0.05) is 66.8 Å². The molecule has 0 aromatic heterocycles. The van der Waals surface area contributed by atoms with Gasteiger partial charge in [-0.15, -0.1) is 0 Å². The summed E-state index contributed by atoms with van der Waals surface area (Å²) in [6, 6.07) is -0.584. The molecule has 0 amide bonds. The summed E-state index contributed by atoms with van der Waals surface area (Å²) in [6.45, 7) is -1.88. The first-order valence-corrected chi connectivity index (χ1v) is 26.4. The molecule has 6 aliphatic rings. The van der Waals surface area contributed by atoms with E-state index in [9.17, 15) is 55.5 Å². The third-order valence-electron chi connectivity index (χ3n) is 12.2. The second-order valence-electron chi connectivity index (χ2n) is 16.3. The van der Waals surface area contributed by atoms with Gasteiger partial charge in [0.05, 0.1) is 54.9 Å². The van der Waals surface area contributed by atoms with E-state index in [4.69, 9.17) is 29.4 Å². The van der Waals surface area contributed by atoms with Gasteiger partial charge in [0.25, 0.3) is 0 Å². The van der Waals surface area contributed by atoms with Crippen LogP contribution in [0.1, 0.15) is 19.3 Å². The number of aliphatic carboxylic acids is 1. The number of carbonyl (C=O) groups excluding carboxylic acids is 1. The maximum Gasteiger partial charge on any atom is 0.339 e. The minimum atomic E-state index is -3.10. The summed E-state index contributed by atoms with van der Waals surface area (Å²) in [7, 11) is 7.59. The van der Waals surface area contributed by atoms with Crippen molar-refractivity contribution >= 4 is 61.1 Å². The van der Waals surface area contributed by atoms with Crippen LogP contribution in [0.4, 0.5) is 0 Å². The number of guanidine groups is 1. The van der Waals surface area contributed by atoms with Gasteiger partial charge >= 0.3 is 11.9 Å². The number of allylic oxidation sites excluding steroid dienone is 1. The predicted molar refractivity (Wildman–Crippen MR) is 247 cm³/mol. The molecule has 1 aliphatic carbocycles. The fourth-order valence-corrected chi connectivity index (χ4v) is 14.6. The van der Waals surface area contributed by atoms with Crippen molar-refractivity contribution in [1.29, 1.82) is 0 Å². The highest BCUT2D eigenvalue weighted by Gasteiger charge is 2.58. The van der Waals surface area contributed by atoms with E-state index in [-0.39, 0.29) is 72.8 Å². The minimum absolute atomic E-state index is 0.0396. The summed E-state index contributed by atoms with van der Waals surface area (Å²) < 4.78 is 30.5. The van der Waals surface area contributed by atoms with Gasteiger partial charge in [0.15, 0.2) is 18.4 Å². The molecule has 0 spiro atoms. The number of ether oxygens (including phenoxy) is 5. The van der Waals surface area contributed by atoms with Crippen molar-refractivity contribution in [2.24, 2.45) is 34.4 Å². The Morgan fingerprint density at radius 3 is 2.58 bits per heavy atom. The van der Waals surface area contributed by atoms with Gasteiger partial charge < -0.3 is 85.6 Å². The lowest BCUT2D eigenvalue weighted by atomic mass is 9.82. The van der Waals surface area contributed by atoms with Crippen LogP contribution in [0.3, 0.4) is 0 Å². The summed E-state index contributed by atoms with van der Waals surface area (Å²) in [6.07, 6.45) is 0.379. The smallest absolute Gasteiger partial charge is 0.339 e. The first-order valence-electron chi connectivity index (χ1n) is 21.6. The van der Waals surface area contributed by atoms with E-state index in [1.54, 1.807) is 55.5 Å². The van der Waals surface area contributed by atoms with Crippen molar-refractivity contribution in [1.82, 2.24) is 15.5 Å². The lowest BCUT2D eigenvalue weighted by molar-refractivity contribution is -0.416. The lowest BCUT2D eigenvalue weighted by Crippen LogP contribution is -2.69. The Hall–Kier alpha value is -2.57. The van der Waals surface area contributed by atoms with Crippen LogP contribution in [-0.4, -0.2) is 199 Å². The number of likely N-dealkylation sites (N-methyl/N-ethyl adjacent to an activating group) is 1. The number of nitrogens with two attached hydrogens (primary N) is 1. The molecule has 4 bridgehead atoms. The molecule has 0 radical (unpaired) electrons. The predicted octanol–water partition coefficient (Wildman–Crippen LogP) is -1.46. The molecular formula is C41H61N5O16S4. The minimum Gasteiger partial charge on any atom is -0.478 e. The number of hydrogen-bond acceptors (Lipinski definition) is 22. The zero-order valence-electron chi connectivity index (χ0n) is 36.1. The van der Waals surface area contributed by atoms with Crippen molar-refractivity contribution < 1.29 is 79.2 Å². The van der Waals surface area contributed by atoms with E-state index < -0.39 is 92.0 Å². The number of rotatable bonds is 14. The Labute approximate surface area is 397 Å². The van der Waals surface area contributed by atoms with Crippen LogP contribution in [0.15, 0.2) is 64.2 Å². The van der Waals surface area contributed by atoms with E-state index in [1.165, 1.54) is 30.3 Å². The summed E-state index contributed by atoms with van der Waals surface area (Å²) in [4.78, 5) is 33.7. The Morgan fingerprint density at radius 1 is 1.08 bits per heavy atom. The van der Waals surface area contributed by atoms with E-state index in [1.807, 2.05) is 6.08 Å². The molecule has 0 aromatic rings. The highest BCUT2D eigenvalue weighted by Crippen LogP contribution is 2.45.